The lowest BCUT2D eigenvalue weighted by Crippen LogP contribution is -2.33. The van der Waals surface area contributed by atoms with Crippen LogP contribution in [0.15, 0.2) is 60.9 Å². The summed E-state index contributed by atoms with van der Waals surface area (Å²) in [6.07, 6.45) is 8.22. The number of fused-ring (bicyclic) bond motifs is 1. The molecular weight excluding hydrogens is 373 g/mol. The van der Waals surface area contributed by atoms with Gasteiger partial charge < -0.3 is 4.98 Å². The second-order valence-electron chi connectivity index (χ2n) is 7.55. The van der Waals surface area contributed by atoms with Crippen molar-refractivity contribution in [2.45, 2.75) is 24.3 Å². The van der Waals surface area contributed by atoms with Crippen LogP contribution >= 0.6 is 11.6 Å². The summed E-state index contributed by atoms with van der Waals surface area (Å²) < 4.78 is 13.4. The Morgan fingerprint density at radius 1 is 1.14 bits per heavy atom. The summed E-state index contributed by atoms with van der Waals surface area (Å²) in [5.74, 6) is -0.234. The van der Waals surface area contributed by atoms with Crippen molar-refractivity contribution in [2.75, 3.05) is 13.1 Å². The van der Waals surface area contributed by atoms with Crippen molar-refractivity contribution in [3.8, 4) is 22.5 Å². The van der Waals surface area contributed by atoms with Gasteiger partial charge in [-0.15, -0.1) is 11.6 Å². The first kappa shape index (κ1) is 17.7. The topological polar surface area (TPSA) is 31.9 Å². The van der Waals surface area contributed by atoms with Gasteiger partial charge >= 0.3 is 0 Å². The molecule has 0 radical (unpaired) electrons. The van der Waals surface area contributed by atoms with Gasteiger partial charge in [0.2, 0.25) is 0 Å². The lowest BCUT2D eigenvalue weighted by atomic mass is 9.91. The molecule has 0 saturated carbocycles. The van der Waals surface area contributed by atoms with Crippen LogP contribution in [-0.4, -0.2) is 39.4 Å². The molecule has 2 aliphatic heterocycles. The van der Waals surface area contributed by atoms with Crippen LogP contribution in [-0.2, 0) is 0 Å². The second-order valence-corrected chi connectivity index (χ2v) is 8.17. The maximum absolute atomic E-state index is 13.4. The zero-order valence-corrected chi connectivity index (χ0v) is 16.2. The molecule has 2 atom stereocenters. The Kier molecular flexibility index (Phi) is 4.53. The summed E-state index contributed by atoms with van der Waals surface area (Å²) in [5, 5.41) is 0.244. The Hall–Kier alpha value is -2.43. The van der Waals surface area contributed by atoms with Gasteiger partial charge in [0.1, 0.15) is 5.82 Å². The molecule has 2 aliphatic rings. The van der Waals surface area contributed by atoms with E-state index in [1.807, 2.05) is 36.5 Å². The number of nitrogens with one attached hydrogen (secondary N) is 1. The monoisotopic (exact) mass is 393 g/mol. The van der Waals surface area contributed by atoms with E-state index in [2.05, 4.69) is 27.1 Å². The van der Waals surface area contributed by atoms with E-state index in [1.54, 1.807) is 0 Å². The molecule has 0 aliphatic carbocycles. The van der Waals surface area contributed by atoms with Gasteiger partial charge in [-0.1, -0.05) is 12.1 Å². The van der Waals surface area contributed by atoms with Gasteiger partial charge in [-0.3, -0.25) is 9.88 Å². The normalized spacial score (nSPS) is 22.1. The number of H-pyrrole nitrogens is 1. The number of rotatable bonds is 3. The van der Waals surface area contributed by atoms with Crippen LogP contribution in [0.4, 0.5) is 4.39 Å². The van der Waals surface area contributed by atoms with Gasteiger partial charge in [-0.25, -0.2) is 4.39 Å². The molecule has 5 rings (SSSR count). The van der Waals surface area contributed by atoms with Crippen molar-refractivity contribution in [3.63, 3.8) is 0 Å². The Bertz CT molecular complexity index is 1010. The molecule has 28 heavy (non-hydrogen) atoms. The Morgan fingerprint density at radius 3 is 2.79 bits per heavy atom. The van der Waals surface area contributed by atoms with Crippen molar-refractivity contribution in [1.82, 2.24) is 14.9 Å². The highest BCUT2D eigenvalue weighted by Gasteiger charge is 2.34. The number of benzene rings is 1. The fourth-order valence-electron chi connectivity index (χ4n) is 4.44. The maximum Gasteiger partial charge on any atom is 0.123 e. The first-order valence-corrected chi connectivity index (χ1v) is 10.1. The van der Waals surface area contributed by atoms with E-state index in [4.69, 9.17) is 11.6 Å². The maximum atomic E-state index is 13.4. The van der Waals surface area contributed by atoms with E-state index in [-0.39, 0.29) is 11.2 Å². The minimum Gasteiger partial charge on any atom is -0.360 e. The first-order chi connectivity index (χ1) is 13.7. The summed E-state index contributed by atoms with van der Waals surface area (Å²) in [4.78, 5) is 10.5. The lowest BCUT2D eigenvalue weighted by molar-refractivity contribution is 0.275. The number of aromatic nitrogens is 2. The average molecular weight is 394 g/mol. The first-order valence-electron chi connectivity index (χ1n) is 9.65. The van der Waals surface area contributed by atoms with Gasteiger partial charge in [-0.05, 0) is 60.4 Å². The molecule has 142 valence electrons. The molecule has 2 unspecified atom stereocenters. The number of alkyl halides is 1. The predicted octanol–water partition coefficient (Wildman–Crippen LogP) is 5.35. The summed E-state index contributed by atoms with van der Waals surface area (Å²) in [5.41, 5.74) is 6.43. The fraction of sp³-hybridized carbons (Fsp3) is 0.261. The zero-order chi connectivity index (χ0) is 19.1. The van der Waals surface area contributed by atoms with E-state index in [0.717, 1.165) is 48.4 Å². The standard InChI is InChI=1S/C23H21ClFN3/c24-17-12-19-11-16(8-10-28(19)14-17)20-13-27-23(15-4-6-18(25)7-5-15)22(20)21-3-1-2-9-26-21/h1-9,13,17,19,27H,10-12,14H2. The van der Waals surface area contributed by atoms with Crippen molar-refractivity contribution < 1.29 is 4.39 Å². The minimum atomic E-state index is -0.234. The van der Waals surface area contributed by atoms with E-state index in [0.29, 0.717) is 6.04 Å². The molecular formula is C23H21ClFN3. The molecule has 0 bridgehead atoms. The summed E-state index contributed by atoms with van der Waals surface area (Å²) in [6, 6.07) is 13.1. The smallest absolute Gasteiger partial charge is 0.123 e. The van der Waals surface area contributed by atoms with Crippen LogP contribution in [0, 0.1) is 5.82 Å². The average Bonchev–Trinajstić information content (AvgIpc) is 3.31. The molecule has 2 aromatic heterocycles. The minimum absolute atomic E-state index is 0.234. The SMILES string of the molecule is Fc1ccc(-c2[nH]cc(C3=CCN4CC(Cl)CC4C3)c2-c2ccccn2)cc1. The van der Waals surface area contributed by atoms with Gasteiger partial charge in [-0.2, -0.15) is 0 Å². The number of hydrogen-bond donors (Lipinski definition) is 1. The van der Waals surface area contributed by atoms with Crippen LogP contribution in [0.3, 0.4) is 0 Å². The highest BCUT2D eigenvalue weighted by molar-refractivity contribution is 6.21. The molecule has 4 heterocycles. The number of hydrogen-bond acceptors (Lipinski definition) is 2. The number of nitrogens with zero attached hydrogens (tertiary/aromatic N) is 2. The fourth-order valence-corrected chi connectivity index (χ4v) is 4.82. The van der Waals surface area contributed by atoms with E-state index >= 15 is 0 Å². The third-order valence-electron chi connectivity index (χ3n) is 5.78. The molecule has 3 aromatic rings. The van der Waals surface area contributed by atoms with E-state index in [1.165, 1.54) is 23.3 Å². The van der Waals surface area contributed by atoms with Crippen LogP contribution in [0.5, 0.6) is 0 Å². The highest BCUT2D eigenvalue weighted by atomic mass is 35.5. The van der Waals surface area contributed by atoms with Gasteiger partial charge in [0.25, 0.3) is 0 Å². The van der Waals surface area contributed by atoms with Crippen LogP contribution in [0.2, 0.25) is 0 Å². The molecule has 0 amide bonds. The highest BCUT2D eigenvalue weighted by Crippen LogP contribution is 2.41. The Balaban J connectivity index is 1.60. The summed E-state index contributed by atoms with van der Waals surface area (Å²) in [6.45, 7) is 1.90. The number of halogens is 2. The van der Waals surface area contributed by atoms with Crippen molar-refractivity contribution in [2.24, 2.45) is 0 Å². The molecule has 1 aromatic carbocycles. The largest absolute Gasteiger partial charge is 0.360 e. The molecule has 0 spiro atoms. The quantitative estimate of drug-likeness (QED) is 0.608. The second kappa shape index (κ2) is 7.19. The Labute approximate surface area is 168 Å². The van der Waals surface area contributed by atoms with Crippen LogP contribution < -0.4 is 0 Å². The van der Waals surface area contributed by atoms with E-state index < -0.39 is 0 Å². The van der Waals surface area contributed by atoms with Crippen LogP contribution in [0.25, 0.3) is 28.1 Å². The van der Waals surface area contributed by atoms with Gasteiger partial charge in [0.05, 0.1) is 11.4 Å². The third-order valence-corrected chi connectivity index (χ3v) is 6.10. The summed E-state index contributed by atoms with van der Waals surface area (Å²) in [7, 11) is 0. The van der Waals surface area contributed by atoms with E-state index in [9.17, 15) is 4.39 Å². The van der Waals surface area contributed by atoms with Crippen molar-refractivity contribution in [1.29, 1.82) is 0 Å². The third kappa shape index (κ3) is 3.17. The lowest BCUT2D eigenvalue weighted by Gasteiger charge is -2.29. The van der Waals surface area contributed by atoms with Gasteiger partial charge in [0, 0.05) is 48.0 Å². The molecule has 3 nitrogen and oxygen atoms in total. The Morgan fingerprint density at radius 2 is 2.00 bits per heavy atom. The summed E-state index contributed by atoms with van der Waals surface area (Å²) >= 11 is 6.39. The van der Waals surface area contributed by atoms with Gasteiger partial charge in [0.15, 0.2) is 0 Å². The molecule has 1 saturated heterocycles. The van der Waals surface area contributed by atoms with Crippen molar-refractivity contribution in [3.05, 3.63) is 72.3 Å². The molecule has 1 N–H and O–H groups in total. The molecule has 1 fully saturated rings. The van der Waals surface area contributed by atoms with Crippen molar-refractivity contribution >= 4 is 17.2 Å². The number of aromatic amines is 1. The zero-order valence-electron chi connectivity index (χ0n) is 15.4. The molecule has 5 heteroatoms. The number of pyridine rings is 1. The predicted molar refractivity (Wildman–Crippen MR) is 112 cm³/mol. The van der Waals surface area contributed by atoms with Crippen LogP contribution in [0.1, 0.15) is 18.4 Å².